The number of morpholine rings is 1. The highest BCUT2D eigenvalue weighted by atomic mass is 32.2. The molecule has 11 heteroatoms. The standard InChI is InChI=1S/C24H32N6O4S/c1-3-15-35-24-27-22(29-11-13-32-14-12-29)20-16-26-30(23(20)28-24)10-9-25-21(31)17-34-19-7-5-18(6-8-19)33-4-2/h5-8,16H,3-4,9-15,17H2,1-2H3,(H,25,31). The van der Waals surface area contributed by atoms with Crippen molar-refractivity contribution in [2.75, 3.05) is 56.7 Å². The smallest absolute Gasteiger partial charge is 0.258 e. The Balaban J connectivity index is 1.36. The van der Waals surface area contributed by atoms with E-state index in [0.29, 0.717) is 38.7 Å². The molecule has 1 amide bonds. The van der Waals surface area contributed by atoms with Gasteiger partial charge in [0.25, 0.3) is 5.91 Å². The minimum atomic E-state index is -0.196. The van der Waals surface area contributed by atoms with Crippen LogP contribution in [-0.4, -0.2) is 77.5 Å². The normalized spacial score (nSPS) is 13.7. The number of hydrogen-bond donors (Lipinski definition) is 1. The van der Waals surface area contributed by atoms with Gasteiger partial charge in [-0.2, -0.15) is 5.10 Å². The lowest BCUT2D eigenvalue weighted by molar-refractivity contribution is -0.123. The average molecular weight is 501 g/mol. The molecule has 0 radical (unpaired) electrons. The fraction of sp³-hybridized carbons (Fsp3) is 0.500. The molecule has 0 aliphatic carbocycles. The van der Waals surface area contributed by atoms with Crippen LogP contribution in [0.1, 0.15) is 20.3 Å². The van der Waals surface area contributed by atoms with Crippen LogP contribution in [0.5, 0.6) is 11.5 Å². The topological polar surface area (TPSA) is 104 Å². The SMILES string of the molecule is CCCSc1nc(N2CCOCC2)c2cnn(CCNC(=O)COc3ccc(OCC)cc3)c2n1. The quantitative estimate of drug-likeness (QED) is 0.297. The molecule has 3 heterocycles. The van der Waals surface area contributed by atoms with E-state index < -0.39 is 0 Å². The molecule has 1 aliphatic heterocycles. The van der Waals surface area contributed by atoms with Crippen LogP contribution >= 0.6 is 11.8 Å². The number of thioether (sulfide) groups is 1. The van der Waals surface area contributed by atoms with Crippen LogP contribution in [0.4, 0.5) is 5.82 Å². The Morgan fingerprint density at radius 3 is 2.57 bits per heavy atom. The van der Waals surface area contributed by atoms with Crippen molar-refractivity contribution in [3.05, 3.63) is 30.5 Å². The van der Waals surface area contributed by atoms with Gasteiger partial charge in [-0.15, -0.1) is 0 Å². The molecule has 4 rings (SSSR count). The average Bonchev–Trinajstić information content (AvgIpc) is 3.30. The molecular formula is C24H32N6O4S. The second-order valence-electron chi connectivity index (χ2n) is 7.93. The molecule has 1 fully saturated rings. The zero-order valence-electron chi connectivity index (χ0n) is 20.2. The van der Waals surface area contributed by atoms with Gasteiger partial charge in [-0.3, -0.25) is 4.79 Å². The van der Waals surface area contributed by atoms with Crippen molar-refractivity contribution in [2.45, 2.75) is 32.0 Å². The largest absolute Gasteiger partial charge is 0.494 e. The molecule has 0 saturated carbocycles. The predicted octanol–water partition coefficient (Wildman–Crippen LogP) is 2.76. The molecule has 0 unspecified atom stereocenters. The Bertz CT molecular complexity index is 1100. The monoisotopic (exact) mass is 500 g/mol. The van der Waals surface area contributed by atoms with Crippen LogP contribution in [-0.2, 0) is 16.1 Å². The number of nitrogens with one attached hydrogen (secondary N) is 1. The van der Waals surface area contributed by atoms with E-state index in [9.17, 15) is 4.79 Å². The van der Waals surface area contributed by atoms with Crippen molar-refractivity contribution in [3.63, 3.8) is 0 Å². The van der Waals surface area contributed by atoms with Crippen molar-refractivity contribution in [2.24, 2.45) is 0 Å². The van der Waals surface area contributed by atoms with Crippen molar-refractivity contribution in [1.82, 2.24) is 25.1 Å². The van der Waals surface area contributed by atoms with E-state index in [1.54, 1.807) is 23.9 Å². The van der Waals surface area contributed by atoms with E-state index in [-0.39, 0.29) is 12.5 Å². The summed E-state index contributed by atoms with van der Waals surface area (Å²) in [6.07, 6.45) is 2.86. The Kier molecular flexibility index (Phi) is 9.02. The first-order valence-electron chi connectivity index (χ1n) is 12.0. The highest BCUT2D eigenvalue weighted by Gasteiger charge is 2.20. The first kappa shape index (κ1) is 25.1. The maximum atomic E-state index is 12.3. The van der Waals surface area contributed by atoms with E-state index in [4.69, 9.17) is 24.2 Å². The molecule has 2 aromatic heterocycles. The fourth-order valence-electron chi connectivity index (χ4n) is 3.66. The van der Waals surface area contributed by atoms with E-state index in [2.05, 4.69) is 22.2 Å². The van der Waals surface area contributed by atoms with Gasteiger partial charge >= 0.3 is 0 Å². The summed E-state index contributed by atoms with van der Waals surface area (Å²) in [7, 11) is 0. The molecule has 1 aliphatic rings. The number of nitrogens with zero attached hydrogens (tertiary/aromatic N) is 5. The summed E-state index contributed by atoms with van der Waals surface area (Å²) in [5.41, 5.74) is 0.778. The summed E-state index contributed by atoms with van der Waals surface area (Å²) in [5, 5.41) is 9.09. The minimum Gasteiger partial charge on any atom is -0.494 e. The van der Waals surface area contributed by atoms with Gasteiger partial charge in [0.05, 0.1) is 37.9 Å². The van der Waals surface area contributed by atoms with Crippen LogP contribution < -0.4 is 19.7 Å². The zero-order valence-corrected chi connectivity index (χ0v) is 21.1. The first-order chi connectivity index (χ1) is 17.2. The second kappa shape index (κ2) is 12.6. The zero-order chi connectivity index (χ0) is 24.5. The van der Waals surface area contributed by atoms with Gasteiger partial charge in [0.15, 0.2) is 17.4 Å². The summed E-state index contributed by atoms with van der Waals surface area (Å²) < 4.78 is 18.3. The van der Waals surface area contributed by atoms with E-state index in [0.717, 1.165) is 53.0 Å². The van der Waals surface area contributed by atoms with Gasteiger partial charge in [0, 0.05) is 25.4 Å². The van der Waals surface area contributed by atoms with Gasteiger partial charge in [-0.05, 0) is 37.6 Å². The predicted molar refractivity (Wildman–Crippen MR) is 135 cm³/mol. The van der Waals surface area contributed by atoms with E-state index in [1.165, 1.54) is 0 Å². The fourth-order valence-corrected chi connectivity index (χ4v) is 4.35. The Morgan fingerprint density at radius 2 is 1.86 bits per heavy atom. The van der Waals surface area contributed by atoms with Crippen LogP contribution in [0.2, 0.25) is 0 Å². The van der Waals surface area contributed by atoms with Gasteiger partial charge in [-0.1, -0.05) is 18.7 Å². The molecule has 3 aromatic rings. The Morgan fingerprint density at radius 1 is 1.11 bits per heavy atom. The lowest BCUT2D eigenvalue weighted by Crippen LogP contribution is -2.37. The molecular weight excluding hydrogens is 468 g/mol. The summed E-state index contributed by atoms with van der Waals surface area (Å²) in [6.45, 7) is 8.47. The number of rotatable bonds is 12. The third kappa shape index (κ3) is 6.76. The van der Waals surface area contributed by atoms with Crippen LogP contribution in [0.3, 0.4) is 0 Å². The van der Waals surface area contributed by atoms with Crippen molar-refractivity contribution >= 4 is 34.5 Å². The number of aromatic nitrogens is 4. The molecule has 0 spiro atoms. The lowest BCUT2D eigenvalue weighted by atomic mass is 10.3. The number of benzene rings is 1. The molecule has 1 N–H and O–H groups in total. The van der Waals surface area contributed by atoms with Crippen LogP contribution in [0.15, 0.2) is 35.6 Å². The highest BCUT2D eigenvalue weighted by Crippen LogP contribution is 2.28. The van der Waals surface area contributed by atoms with Gasteiger partial charge < -0.3 is 24.4 Å². The minimum absolute atomic E-state index is 0.0605. The number of amides is 1. The highest BCUT2D eigenvalue weighted by molar-refractivity contribution is 7.99. The first-order valence-corrected chi connectivity index (χ1v) is 13.0. The number of fused-ring (bicyclic) bond motifs is 1. The molecule has 0 bridgehead atoms. The molecule has 10 nitrogen and oxygen atoms in total. The van der Waals surface area contributed by atoms with Gasteiger partial charge in [0.2, 0.25) is 0 Å². The van der Waals surface area contributed by atoms with Crippen molar-refractivity contribution < 1.29 is 19.0 Å². The Labute approximate surface area is 209 Å². The third-order valence-electron chi connectivity index (χ3n) is 5.35. The number of carbonyl (C=O) groups is 1. The van der Waals surface area contributed by atoms with Gasteiger partial charge in [-0.25, -0.2) is 14.6 Å². The molecule has 1 aromatic carbocycles. The Hall–Kier alpha value is -3.05. The maximum absolute atomic E-state index is 12.3. The van der Waals surface area contributed by atoms with E-state index in [1.807, 2.05) is 29.9 Å². The summed E-state index contributed by atoms with van der Waals surface area (Å²) >= 11 is 1.65. The molecule has 35 heavy (non-hydrogen) atoms. The maximum Gasteiger partial charge on any atom is 0.258 e. The summed E-state index contributed by atoms with van der Waals surface area (Å²) in [5.74, 6) is 3.04. The van der Waals surface area contributed by atoms with Crippen LogP contribution in [0, 0.1) is 0 Å². The summed E-state index contributed by atoms with van der Waals surface area (Å²) in [4.78, 5) is 24.1. The van der Waals surface area contributed by atoms with Crippen LogP contribution in [0.25, 0.3) is 11.0 Å². The number of anilines is 1. The second-order valence-corrected chi connectivity index (χ2v) is 8.99. The van der Waals surface area contributed by atoms with Gasteiger partial charge in [0.1, 0.15) is 17.3 Å². The third-order valence-corrected chi connectivity index (χ3v) is 6.41. The number of carbonyl (C=O) groups excluding carboxylic acids is 1. The molecule has 188 valence electrons. The van der Waals surface area contributed by atoms with E-state index >= 15 is 0 Å². The number of hydrogen-bond acceptors (Lipinski definition) is 9. The number of ether oxygens (including phenoxy) is 3. The van der Waals surface area contributed by atoms with Crippen molar-refractivity contribution in [3.8, 4) is 11.5 Å². The van der Waals surface area contributed by atoms with Crippen molar-refractivity contribution in [1.29, 1.82) is 0 Å². The summed E-state index contributed by atoms with van der Waals surface area (Å²) in [6, 6.07) is 7.21. The lowest BCUT2D eigenvalue weighted by Gasteiger charge is -2.28. The molecule has 1 saturated heterocycles. The molecule has 0 atom stereocenters.